The summed E-state index contributed by atoms with van der Waals surface area (Å²) in [6, 6.07) is 16.4. The van der Waals surface area contributed by atoms with E-state index in [0.717, 1.165) is 12.1 Å². The zero-order chi connectivity index (χ0) is 23.3. The maximum atomic E-state index is 12.9. The molecule has 0 fully saturated rings. The van der Waals surface area contributed by atoms with Gasteiger partial charge in [-0.05, 0) is 54.1 Å². The summed E-state index contributed by atoms with van der Waals surface area (Å²) in [6.45, 7) is 0. The standard InChI is InChI=1S/C24H20F3NO4/c1-32-20-4-2-3-17(13-20)22(29)14-21(15-5-9-18(10-6-15)24(25,26)27)28-19-11-7-16(8-12-19)23(30)31/h2-13,21,28H,14H2,1H3,(H,30,31). The van der Waals surface area contributed by atoms with Gasteiger partial charge in [0.15, 0.2) is 5.78 Å². The molecule has 0 saturated carbocycles. The predicted molar refractivity (Wildman–Crippen MR) is 113 cm³/mol. The highest BCUT2D eigenvalue weighted by Gasteiger charge is 2.30. The van der Waals surface area contributed by atoms with Gasteiger partial charge in [-0.15, -0.1) is 0 Å². The number of carboxylic acid groups (broad SMARTS) is 1. The molecule has 2 N–H and O–H groups in total. The Kier molecular flexibility index (Phi) is 6.82. The normalized spacial score (nSPS) is 12.1. The van der Waals surface area contributed by atoms with Crippen molar-refractivity contribution in [2.24, 2.45) is 0 Å². The van der Waals surface area contributed by atoms with E-state index in [-0.39, 0.29) is 17.8 Å². The smallest absolute Gasteiger partial charge is 0.416 e. The molecule has 1 unspecified atom stereocenters. The summed E-state index contributed by atoms with van der Waals surface area (Å²) in [5.41, 5.74) is 0.721. The lowest BCUT2D eigenvalue weighted by atomic mass is 9.96. The fourth-order valence-electron chi connectivity index (χ4n) is 3.17. The van der Waals surface area contributed by atoms with Gasteiger partial charge >= 0.3 is 12.1 Å². The SMILES string of the molecule is COc1cccc(C(=O)CC(Nc2ccc(C(=O)O)cc2)c2ccc(C(F)(F)F)cc2)c1. The van der Waals surface area contributed by atoms with Crippen LogP contribution in [-0.4, -0.2) is 24.0 Å². The van der Waals surface area contributed by atoms with Crippen LogP contribution in [0.1, 0.15) is 44.3 Å². The first-order chi connectivity index (χ1) is 15.2. The Morgan fingerprint density at radius 2 is 1.62 bits per heavy atom. The van der Waals surface area contributed by atoms with Crippen LogP contribution in [0.5, 0.6) is 5.75 Å². The molecule has 3 rings (SSSR count). The average molecular weight is 443 g/mol. The second-order valence-electron chi connectivity index (χ2n) is 7.06. The molecular formula is C24H20F3NO4. The molecule has 0 spiro atoms. The molecule has 3 aromatic carbocycles. The highest BCUT2D eigenvalue weighted by Crippen LogP contribution is 2.32. The maximum Gasteiger partial charge on any atom is 0.416 e. The average Bonchev–Trinajstić information content (AvgIpc) is 2.78. The van der Waals surface area contributed by atoms with E-state index in [1.54, 1.807) is 24.3 Å². The van der Waals surface area contributed by atoms with Crippen molar-refractivity contribution in [1.29, 1.82) is 0 Å². The van der Waals surface area contributed by atoms with Crippen LogP contribution in [0, 0.1) is 0 Å². The first kappa shape index (κ1) is 22.9. The summed E-state index contributed by atoms with van der Waals surface area (Å²) in [4.78, 5) is 24.0. The van der Waals surface area contributed by atoms with Crippen LogP contribution in [0.2, 0.25) is 0 Å². The zero-order valence-corrected chi connectivity index (χ0v) is 17.0. The van der Waals surface area contributed by atoms with Crippen molar-refractivity contribution < 1.29 is 32.6 Å². The number of halogens is 3. The molecule has 0 aliphatic heterocycles. The Bertz CT molecular complexity index is 1090. The van der Waals surface area contributed by atoms with Crippen LogP contribution in [0.4, 0.5) is 18.9 Å². The molecule has 0 heterocycles. The minimum atomic E-state index is -4.47. The summed E-state index contributed by atoms with van der Waals surface area (Å²) in [7, 11) is 1.48. The third kappa shape index (κ3) is 5.66. The highest BCUT2D eigenvalue weighted by atomic mass is 19.4. The van der Waals surface area contributed by atoms with Gasteiger partial charge in [-0.2, -0.15) is 13.2 Å². The lowest BCUT2D eigenvalue weighted by Crippen LogP contribution is -2.16. The number of carbonyl (C=O) groups is 2. The summed E-state index contributed by atoms with van der Waals surface area (Å²) >= 11 is 0. The van der Waals surface area contributed by atoms with Crippen LogP contribution >= 0.6 is 0 Å². The number of methoxy groups -OCH3 is 1. The van der Waals surface area contributed by atoms with Gasteiger partial charge in [0.25, 0.3) is 0 Å². The van der Waals surface area contributed by atoms with Gasteiger partial charge in [-0.3, -0.25) is 4.79 Å². The molecule has 0 aromatic heterocycles. The number of anilines is 1. The number of ether oxygens (including phenoxy) is 1. The number of carbonyl (C=O) groups excluding carboxylic acids is 1. The van der Waals surface area contributed by atoms with Gasteiger partial charge in [-0.1, -0.05) is 24.3 Å². The van der Waals surface area contributed by atoms with Gasteiger partial charge < -0.3 is 15.2 Å². The minimum absolute atomic E-state index is 0.0424. The number of benzene rings is 3. The largest absolute Gasteiger partial charge is 0.497 e. The summed E-state index contributed by atoms with van der Waals surface area (Å²) in [5.74, 6) is -0.799. The molecule has 5 nitrogen and oxygen atoms in total. The van der Waals surface area contributed by atoms with Gasteiger partial charge in [-0.25, -0.2) is 4.79 Å². The number of Topliss-reactive ketones (excluding diaryl/α,β-unsaturated/α-hetero) is 1. The molecular weight excluding hydrogens is 423 g/mol. The Hall–Kier alpha value is -3.81. The highest BCUT2D eigenvalue weighted by molar-refractivity contribution is 5.97. The van der Waals surface area contributed by atoms with Crippen molar-refractivity contribution in [2.45, 2.75) is 18.6 Å². The first-order valence-electron chi connectivity index (χ1n) is 9.61. The molecule has 0 aliphatic rings. The molecule has 0 bridgehead atoms. The molecule has 0 radical (unpaired) electrons. The van der Waals surface area contributed by atoms with E-state index < -0.39 is 23.8 Å². The van der Waals surface area contributed by atoms with E-state index in [9.17, 15) is 22.8 Å². The second-order valence-corrected chi connectivity index (χ2v) is 7.06. The second kappa shape index (κ2) is 9.55. The first-order valence-corrected chi connectivity index (χ1v) is 9.61. The molecule has 0 aliphatic carbocycles. The summed E-state index contributed by atoms with van der Waals surface area (Å²) in [6.07, 6.45) is -4.51. The number of rotatable bonds is 8. The van der Waals surface area contributed by atoms with Crippen LogP contribution < -0.4 is 10.1 Å². The van der Waals surface area contributed by atoms with Crippen molar-refractivity contribution in [3.63, 3.8) is 0 Å². The van der Waals surface area contributed by atoms with Crippen molar-refractivity contribution >= 4 is 17.4 Å². The van der Waals surface area contributed by atoms with Gasteiger partial charge in [0.1, 0.15) is 5.75 Å². The van der Waals surface area contributed by atoms with Crippen molar-refractivity contribution in [2.75, 3.05) is 12.4 Å². The fourth-order valence-corrected chi connectivity index (χ4v) is 3.17. The van der Waals surface area contributed by atoms with Gasteiger partial charge in [0, 0.05) is 17.7 Å². The number of hydrogen-bond donors (Lipinski definition) is 2. The molecule has 0 amide bonds. The molecule has 0 saturated heterocycles. The third-order valence-electron chi connectivity index (χ3n) is 4.89. The van der Waals surface area contributed by atoms with Crippen LogP contribution in [0.15, 0.2) is 72.8 Å². The molecule has 8 heteroatoms. The van der Waals surface area contributed by atoms with Crippen molar-refractivity contribution in [3.8, 4) is 5.75 Å². The minimum Gasteiger partial charge on any atom is -0.497 e. The number of aromatic carboxylic acids is 1. The van der Waals surface area contributed by atoms with Crippen molar-refractivity contribution in [3.05, 3.63) is 95.1 Å². The van der Waals surface area contributed by atoms with E-state index in [2.05, 4.69) is 5.32 Å². The van der Waals surface area contributed by atoms with E-state index in [0.29, 0.717) is 22.6 Å². The Labute approximate surface area is 182 Å². The number of alkyl halides is 3. The van der Waals surface area contributed by atoms with Gasteiger partial charge in [0.05, 0.1) is 24.3 Å². The lowest BCUT2D eigenvalue weighted by Gasteiger charge is -2.21. The number of nitrogens with one attached hydrogen (secondary N) is 1. The van der Waals surface area contributed by atoms with Crippen LogP contribution in [0.25, 0.3) is 0 Å². The number of carboxylic acids is 1. The summed E-state index contributed by atoms with van der Waals surface area (Å²) < 4.78 is 44.0. The third-order valence-corrected chi connectivity index (χ3v) is 4.89. The number of ketones is 1. The molecule has 3 aromatic rings. The topological polar surface area (TPSA) is 75.6 Å². The van der Waals surface area contributed by atoms with E-state index in [4.69, 9.17) is 9.84 Å². The van der Waals surface area contributed by atoms with E-state index in [1.165, 1.54) is 43.5 Å². The number of hydrogen-bond acceptors (Lipinski definition) is 4. The molecule has 32 heavy (non-hydrogen) atoms. The van der Waals surface area contributed by atoms with Crippen LogP contribution in [-0.2, 0) is 6.18 Å². The predicted octanol–water partition coefficient (Wildman–Crippen LogP) is 5.84. The zero-order valence-electron chi connectivity index (χ0n) is 17.0. The van der Waals surface area contributed by atoms with E-state index in [1.807, 2.05) is 0 Å². The molecule has 166 valence electrons. The fraction of sp³-hybridized carbons (Fsp3) is 0.167. The van der Waals surface area contributed by atoms with Gasteiger partial charge in [0.2, 0.25) is 0 Å². The monoisotopic (exact) mass is 443 g/mol. The van der Waals surface area contributed by atoms with E-state index >= 15 is 0 Å². The van der Waals surface area contributed by atoms with Crippen LogP contribution in [0.3, 0.4) is 0 Å². The quantitative estimate of drug-likeness (QED) is 0.428. The Morgan fingerprint density at radius 3 is 2.19 bits per heavy atom. The maximum absolute atomic E-state index is 12.9. The molecule has 1 atom stereocenters. The lowest BCUT2D eigenvalue weighted by molar-refractivity contribution is -0.137. The Morgan fingerprint density at radius 1 is 0.969 bits per heavy atom. The summed E-state index contributed by atoms with van der Waals surface area (Å²) in [5, 5.41) is 12.2. The Balaban J connectivity index is 1.89. The van der Waals surface area contributed by atoms with Crippen molar-refractivity contribution in [1.82, 2.24) is 0 Å².